The van der Waals surface area contributed by atoms with Crippen molar-refractivity contribution in [3.8, 4) is 0 Å². The van der Waals surface area contributed by atoms with Crippen molar-refractivity contribution in [3.63, 3.8) is 0 Å². The molecule has 0 saturated carbocycles. The third-order valence-electron chi connectivity index (χ3n) is 5.15. The zero-order valence-corrected chi connectivity index (χ0v) is 17.2. The Bertz CT molecular complexity index is 769. The van der Waals surface area contributed by atoms with E-state index in [-0.39, 0.29) is 24.1 Å². The number of thioether (sulfide) groups is 1. The minimum atomic E-state index is -3.45. The molecule has 10 heteroatoms. The zero-order chi connectivity index (χ0) is 19.4. The molecule has 3 rings (SSSR count). The molecule has 0 aliphatic carbocycles. The van der Waals surface area contributed by atoms with Crippen molar-refractivity contribution in [1.82, 2.24) is 18.8 Å². The van der Waals surface area contributed by atoms with Crippen LogP contribution >= 0.6 is 11.8 Å². The predicted octanol–water partition coefficient (Wildman–Crippen LogP) is 1.09. The monoisotopic (exact) mass is 414 g/mol. The van der Waals surface area contributed by atoms with Crippen LogP contribution in [0.15, 0.2) is 17.6 Å². The van der Waals surface area contributed by atoms with E-state index in [1.165, 1.54) is 4.31 Å². The van der Waals surface area contributed by atoms with Gasteiger partial charge in [-0.1, -0.05) is 11.8 Å². The molecule has 0 N–H and O–H groups in total. The fourth-order valence-corrected chi connectivity index (χ4v) is 5.98. The normalized spacial score (nSPS) is 20.4. The van der Waals surface area contributed by atoms with E-state index in [4.69, 9.17) is 0 Å². The van der Waals surface area contributed by atoms with Crippen LogP contribution < -0.4 is 0 Å². The molecule has 27 heavy (non-hydrogen) atoms. The van der Waals surface area contributed by atoms with Crippen molar-refractivity contribution < 1.29 is 18.0 Å². The lowest BCUT2D eigenvalue weighted by atomic mass is 10.0. The Balaban J connectivity index is 1.45. The van der Waals surface area contributed by atoms with E-state index in [2.05, 4.69) is 4.98 Å². The number of sulfonamides is 1. The van der Waals surface area contributed by atoms with Gasteiger partial charge in [0.05, 0.1) is 5.75 Å². The van der Waals surface area contributed by atoms with Crippen LogP contribution in [0.1, 0.15) is 32.1 Å². The maximum atomic E-state index is 12.6. The van der Waals surface area contributed by atoms with Gasteiger partial charge in [0.2, 0.25) is 21.8 Å². The molecule has 1 aromatic rings. The smallest absolute Gasteiger partial charge is 0.229 e. The summed E-state index contributed by atoms with van der Waals surface area (Å²) in [4.78, 5) is 29.0. The van der Waals surface area contributed by atoms with Crippen molar-refractivity contribution in [3.05, 3.63) is 12.4 Å². The Morgan fingerprint density at radius 3 is 2.44 bits per heavy atom. The molecule has 8 nitrogen and oxygen atoms in total. The molecule has 0 spiro atoms. The van der Waals surface area contributed by atoms with Gasteiger partial charge >= 0.3 is 0 Å². The van der Waals surface area contributed by atoms with Crippen LogP contribution in [-0.2, 0) is 26.7 Å². The van der Waals surface area contributed by atoms with E-state index in [9.17, 15) is 18.0 Å². The second-order valence-electron chi connectivity index (χ2n) is 7.08. The Morgan fingerprint density at radius 1 is 1.19 bits per heavy atom. The number of nitrogens with zero attached hydrogens (tertiary/aromatic N) is 4. The minimum Gasteiger partial charge on any atom is -0.329 e. The van der Waals surface area contributed by atoms with E-state index in [1.54, 1.807) is 18.0 Å². The molecule has 0 unspecified atom stereocenters. The van der Waals surface area contributed by atoms with Gasteiger partial charge in [-0.2, -0.15) is 0 Å². The maximum absolute atomic E-state index is 12.6. The Hall–Kier alpha value is -1.39. The average Bonchev–Trinajstić information content (AvgIpc) is 3.05. The first-order valence-electron chi connectivity index (χ1n) is 9.28. The molecule has 2 aliphatic heterocycles. The number of piperidine rings is 2. The third kappa shape index (κ3) is 5.11. The summed E-state index contributed by atoms with van der Waals surface area (Å²) in [6.45, 7) is 0.959. The second kappa shape index (κ2) is 8.74. The average molecular weight is 415 g/mol. The number of carbonyl (C=O) groups excluding carboxylic acids is 2. The third-order valence-corrected chi connectivity index (χ3v) is 8.29. The first kappa shape index (κ1) is 20.3. The number of aryl methyl sites for hydroxylation is 1. The summed E-state index contributed by atoms with van der Waals surface area (Å²) in [5.41, 5.74) is 0. The lowest BCUT2D eigenvalue weighted by Crippen LogP contribution is -2.46. The van der Waals surface area contributed by atoms with Crippen molar-refractivity contribution in [2.24, 2.45) is 13.0 Å². The van der Waals surface area contributed by atoms with Crippen LogP contribution in [0.3, 0.4) is 0 Å². The van der Waals surface area contributed by atoms with E-state index < -0.39 is 10.0 Å². The van der Waals surface area contributed by atoms with Crippen LogP contribution in [0.5, 0.6) is 0 Å². The molecule has 0 atom stereocenters. The SMILES string of the molecule is Cn1ccnc1SCC1CCN(S(=O)(=O)CCN2C(=O)CCCC2=O)CC1. The summed E-state index contributed by atoms with van der Waals surface area (Å²) in [5.74, 6) is 0.688. The molecule has 150 valence electrons. The standard InChI is InChI=1S/C17H26N4O4S2/c1-19-10-7-18-17(19)26-13-14-5-8-20(9-6-14)27(24,25)12-11-21-15(22)3-2-4-16(21)23/h7,10,14H,2-6,8-9,11-13H2,1H3. The Kier molecular flexibility index (Phi) is 6.59. The van der Waals surface area contributed by atoms with Crippen LogP contribution in [0.2, 0.25) is 0 Å². The van der Waals surface area contributed by atoms with Gasteiger partial charge in [0, 0.05) is 57.7 Å². The zero-order valence-electron chi connectivity index (χ0n) is 15.5. The van der Waals surface area contributed by atoms with Crippen molar-refractivity contribution in [2.45, 2.75) is 37.3 Å². The van der Waals surface area contributed by atoms with Crippen LogP contribution in [0.25, 0.3) is 0 Å². The number of amides is 2. The molecular weight excluding hydrogens is 388 g/mol. The molecule has 0 radical (unpaired) electrons. The highest BCUT2D eigenvalue weighted by molar-refractivity contribution is 7.99. The highest BCUT2D eigenvalue weighted by atomic mass is 32.2. The van der Waals surface area contributed by atoms with Crippen LogP contribution in [0.4, 0.5) is 0 Å². The number of hydrogen-bond donors (Lipinski definition) is 0. The van der Waals surface area contributed by atoms with Gasteiger partial charge in [-0.05, 0) is 25.2 Å². The van der Waals surface area contributed by atoms with Gasteiger partial charge in [0.15, 0.2) is 5.16 Å². The van der Waals surface area contributed by atoms with E-state index >= 15 is 0 Å². The molecule has 2 saturated heterocycles. The number of likely N-dealkylation sites (tertiary alicyclic amines) is 1. The van der Waals surface area contributed by atoms with E-state index in [1.807, 2.05) is 17.8 Å². The van der Waals surface area contributed by atoms with Crippen LogP contribution in [0, 0.1) is 5.92 Å². The molecular formula is C17H26N4O4S2. The van der Waals surface area contributed by atoms with Gasteiger partial charge in [-0.25, -0.2) is 17.7 Å². The molecule has 0 aromatic carbocycles. The Labute approximate surface area is 164 Å². The topological polar surface area (TPSA) is 92.6 Å². The highest BCUT2D eigenvalue weighted by Gasteiger charge is 2.31. The number of hydrogen-bond acceptors (Lipinski definition) is 6. The Morgan fingerprint density at radius 2 is 1.85 bits per heavy atom. The lowest BCUT2D eigenvalue weighted by molar-refractivity contribution is -0.147. The van der Waals surface area contributed by atoms with Crippen molar-refractivity contribution >= 4 is 33.6 Å². The van der Waals surface area contributed by atoms with E-state index in [0.29, 0.717) is 38.3 Å². The van der Waals surface area contributed by atoms with Gasteiger partial charge < -0.3 is 4.57 Å². The summed E-state index contributed by atoms with van der Waals surface area (Å²) >= 11 is 1.70. The van der Waals surface area contributed by atoms with Crippen LogP contribution in [-0.4, -0.2) is 70.1 Å². The maximum Gasteiger partial charge on any atom is 0.229 e. The summed E-state index contributed by atoms with van der Waals surface area (Å²) in [7, 11) is -1.49. The molecule has 2 amide bonds. The van der Waals surface area contributed by atoms with Gasteiger partial charge in [0.1, 0.15) is 0 Å². The summed E-state index contributed by atoms with van der Waals surface area (Å²) in [5, 5.41) is 0.973. The lowest BCUT2D eigenvalue weighted by Gasteiger charge is -2.32. The first-order valence-corrected chi connectivity index (χ1v) is 11.9. The van der Waals surface area contributed by atoms with Gasteiger partial charge in [-0.3, -0.25) is 14.5 Å². The minimum absolute atomic E-state index is 0.0328. The molecule has 0 bridgehead atoms. The second-order valence-corrected chi connectivity index (χ2v) is 10.2. The number of imide groups is 1. The largest absolute Gasteiger partial charge is 0.329 e. The quantitative estimate of drug-likeness (QED) is 0.490. The predicted molar refractivity (Wildman–Crippen MR) is 103 cm³/mol. The molecule has 3 heterocycles. The van der Waals surface area contributed by atoms with Gasteiger partial charge in [0.25, 0.3) is 0 Å². The number of imidazole rings is 1. The number of rotatable bonds is 7. The summed E-state index contributed by atoms with van der Waals surface area (Å²) in [6.07, 6.45) is 6.53. The fourth-order valence-electron chi connectivity index (χ4n) is 3.42. The van der Waals surface area contributed by atoms with Gasteiger partial charge in [-0.15, -0.1) is 0 Å². The number of carbonyl (C=O) groups is 2. The highest BCUT2D eigenvalue weighted by Crippen LogP contribution is 2.26. The first-order chi connectivity index (χ1) is 12.9. The molecule has 1 aromatic heterocycles. The summed E-state index contributed by atoms with van der Waals surface area (Å²) in [6, 6.07) is 0. The van der Waals surface area contributed by atoms with Crippen molar-refractivity contribution in [1.29, 1.82) is 0 Å². The fraction of sp³-hybridized carbons (Fsp3) is 0.706. The molecule has 2 aliphatic rings. The summed E-state index contributed by atoms with van der Waals surface area (Å²) < 4.78 is 28.7. The van der Waals surface area contributed by atoms with Crippen molar-refractivity contribution in [2.75, 3.05) is 31.1 Å². The number of aromatic nitrogens is 2. The molecule has 2 fully saturated rings. The van der Waals surface area contributed by atoms with E-state index in [0.717, 1.165) is 28.7 Å².